The largest absolute Gasteiger partial charge is 0.376 e. The zero-order valence-corrected chi connectivity index (χ0v) is 6.99. The molecule has 60 valence electrons. The van der Waals surface area contributed by atoms with Gasteiger partial charge in [-0.25, -0.2) is 0 Å². The van der Waals surface area contributed by atoms with E-state index in [-0.39, 0.29) is 12.2 Å². The lowest BCUT2D eigenvalue weighted by molar-refractivity contribution is -0.0470. The molecule has 1 aliphatic rings. The third-order valence-corrected chi connectivity index (χ3v) is 2.44. The van der Waals surface area contributed by atoms with Crippen LogP contribution in [0.3, 0.4) is 0 Å². The molecule has 0 aromatic rings. The van der Waals surface area contributed by atoms with Crippen molar-refractivity contribution in [2.75, 3.05) is 13.7 Å². The quantitative estimate of drug-likeness (QED) is 0.541. The van der Waals surface area contributed by atoms with Crippen molar-refractivity contribution < 1.29 is 18.3 Å². The van der Waals surface area contributed by atoms with Gasteiger partial charge in [-0.15, -0.1) is 0 Å². The van der Waals surface area contributed by atoms with E-state index in [1.54, 1.807) is 7.11 Å². The van der Waals surface area contributed by atoms with E-state index in [2.05, 4.69) is 0 Å². The summed E-state index contributed by atoms with van der Waals surface area (Å²) in [5.74, 6) is 0. The highest BCUT2D eigenvalue weighted by atomic mass is 31.1. The highest BCUT2D eigenvalue weighted by Gasteiger charge is 2.25. The van der Waals surface area contributed by atoms with Crippen LogP contribution < -0.4 is 0 Å². The van der Waals surface area contributed by atoms with Crippen LogP contribution in [0.5, 0.6) is 0 Å². The molecule has 0 amide bonds. The van der Waals surface area contributed by atoms with E-state index in [9.17, 15) is 4.57 Å². The molecule has 1 fully saturated rings. The van der Waals surface area contributed by atoms with E-state index in [0.717, 1.165) is 0 Å². The predicted octanol–water partition coefficient (Wildman–Crippen LogP) is 0.826. The molecule has 0 spiro atoms. The number of ether oxygens (including phenoxy) is 1. The lowest BCUT2D eigenvalue weighted by Crippen LogP contribution is -2.33. The number of hydrogen-bond donors (Lipinski definition) is 0. The van der Waals surface area contributed by atoms with Gasteiger partial charge in [-0.1, -0.05) is 0 Å². The van der Waals surface area contributed by atoms with Crippen molar-refractivity contribution in [3.8, 4) is 0 Å². The van der Waals surface area contributed by atoms with Crippen LogP contribution >= 0.6 is 8.25 Å². The van der Waals surface area contributed by atoms with Gasteiger partial charge in [0.05, 0.1) is 12.7 Å². The van der Waals surface area contributed by atoms with Gasteiger partial charge in [-0.2, -0.15) is 0 Å². The number of rotatable bonds is 1. The van der Waals surface area contributed by atoms with Crippen molar-refractivity contribution in [1.29, 1.82) is 0 Å². The van der Waals surface area contributed by atoms with Crippen LogP contribution in [0.15, 0.2) is 0 Å². The number of hydrogen-bond acceptors (Lipinski definition) is 4. The molecule has 5 heteroatoms. The van der Waals surface area contributed by atoms with E-state index < -0.39 is 8.25 Å². The van der Waals surface area contributed by atoms with Gasteiger partial charge in [0.2, 0.25) is 0 Å². The summed E-state index contributed by atoms with van der Waals surface area (Å²) >= 11 is 0. The van der Waals surface area contributed by atoms with E-state index in [1.165, 1.54) is 0 Å². The maximum Gasteiger partial charge on any atom is 0.319 e. The molecule has 1 saturated heterocycles. The SMILES string of the molecule is CO[C@@H]1CO[PH](=O)OC1C. The molecule has 0 N–H and O–H groups in total. The molecule has 0 radical (unpaired) electrons. The Hall–Kier alpha value is 0.110. The molecule has 2 unspecified atom stereocenters. The van der Waals surface area contributed by atoms with Gasteiger partial charge in [-0.05, 0) is 6.92 Å². The molecule has 1 heterocycles. The summed E-state index contributed by atoms with van der Waals surface area (Å²) in [6, 6.07) is 0. The Balaban J connectivity index is 2.43. The van der Waals surface area contributed by atoms with E-state index >= 15 is 0 Å². The first-order valence-electron chi connectivity index (χ1n) is 3.10. The highest BCUT2D eigenvalue weighted by molar-refractivity contribution is 7.33. The molecule has 0 saturated carbocycles. The first kappa shape index (κ1) is 8.21. The lowest BCUT2D eigenvalue weighted by Gasteiger charge is -2.26. The van der Waals surface area contributed by atoms with Crippen LogP contribution in [0.1, 0.15) is 6.92 Å². The highest BCUT2D eigenvalue weighted by Crippen LogP contribution is 2.32. The van der Waals surface area contributed by atoms with E-state index in [4.69, 9.17) is 13.8 Å². The molecule has 4 nitrogen and oxygen atoms in total. The van der Waals surface area contributed by atoms with E-state index in [1.807, 2.05) is 6.92 Å². The zero-order valence-electron chi connectivity index (χ0n) is 5.99. The lowest BCUT2D eigenvalue weighted by atomic mass is 10.2. The Morgan fingerprint density at radius 2 is 2.40 bits per heavy atom. The first-order chi connectivity index (χ1) is 4.74. The normalized spacial score (nSPS) is 41.6. The molecule has 0 aromatic carbocycles. The van der Waals surface area contributed by atoms with Gasteiger partial charge in [0.1, 0.15) is 6.10 Å². The minimum absolute atomic E-state index is 0.0808. The summed E-state index contributed by atoms with van der Waals surface area (Å²) in [5.41, 5.74) is 0. The second kappa shape index (κ2) is 3.49. The molecule has 10 heavy (non-hydrogen) atoms. The molecule has 3 atom stereocenters. The third-order valence-electron chi connectivity index (χ3n) is 1.47. The Morgan fingerprint density at radius 1 is 1.70 bits per heavy atom. The van der Waals surface area contributed by atoms with Gasteiger partial charge in [-0.3, -0.25) is 4.57 Å². The summed E-state index contributed by atoms with van der Waals surface area (Å²) in [6.45, 7) is 2.19. The Morgan fingerprint density at radius 3 is 2.90 bits per heavy atom. The van der Waals surface area contributed by atoms with Gasteiger partial charge in [0, 0.05) is 7.11 Å². The fourth-order valence-corrected chi connectivity index (χ4v) is 1.63. The Kier molecular flexibility index (Phi) is 2.86. The summed E-state index contributed by atoms with van der Waals surface area (Å²) in [6.07, 6.45) is -0.201. The molecule has 1 aliphatic heterocycles. The van der Waals surface area contributed by atoms with Crippen molar-refractivity contribution in [2.45, 2.75) is 19.1 Å². The summed E-state index contributed by atoms with van der Waals surface area (Å²) < 4.78 is 25.2. The summed E-state index contributed by atoms with van der Waals surface area (Å²) in [5, 5.41) is 0. The fourth-order valence-electron chi connectivity index (χ4n) is 0.807. The maximum absolute atomic E-state index is 10.6. The first-order valence-corrected chi connectivity index (χ1v) is 4.32. The predicted molar refractivity (Wildman–Crippen MR) is 36.3 cm³/mol. The minimum Gasteiger partial charge on any atom is -0.376 e. The molecular formula is C5H11O4P. The standard InChI is InChI=1S/C5H11O4P/c1-4-5(7-2)3-8-10(6)9-4/h4-5,10H,3H2,1-2H3/t4?,5-/m1/s1. The smallest absolute Gasteiger partial charge is 0.319 e. The van der Waals surface area contributed by atoms with Crippen LogP contribution in [-0.4, -0.2) is 25.9 Å². The average Bonchev–Trinajstić information content (AvgIpc) is 1.88. The minimum atomic E-state index is -2.21. The molecule has 0 bridgehead atoms. The van der Waals surface area contributed by atoms with Crippen LogP contribution in [-0.2, 0) is 18.3 Å². The Labute approximate surface area is 60.4 Å². The third kappa shape index (κ3) is 1.80. The van der Waals surface area contributed by atoms with Gasteiger partial charge >= 0.3 is 8.25 Å². The number of methoxy groups -OCH3 is 1. The van der Waals surface area contributed by atoms with Gasteiger partial charge in [0.15, 0.2) is 0 Å². The van der Waals surface area contributed by atoms with Crippen molar-refractivity contribution in [3.63, 3.8) is 0 Å². The molecule has 0 aromatic heterocycles. The molecule has 0 aliphatic carbocycles. The van der Waals surface area contributed by atoms with Crippen LogP contribution in [0.2, 0.25) is 0 Å². The molecular weight excluding hydrogens is 155 g/mol. The Bertz CT molecular complexity index is 138. The van der Waals surface area contributed by atoms with Crippen LogP contribution in [0, 0.1) is 0 Å². The van der Waals surface area contributed by atoms with Crippen LogP contribution in [0.25, 0.3) is 0 Å². The maximum atomic E-state index is 10.6. The summed E-state index contributed by atoms with van der Waals surface area (Å²) in [4.78, 5) is 0. The van der Waals surface area contributed by atoms with E-state index in [0.29, 0.717) is 6.61 Å². The van der Waals surface area contributed by atoms with Crippen molar-refractivity contribution in [3.05, 3.63) is 0 Å². The van der Waals surface area contributed by atoms with Gasteiger partial charge in [0.25, 0.3) is 0 Å². The molecule has 1 rings (SSSR count). The topological polar surface area (TPSA) is 44.8 Å². The second-order valence-corrected chi connectivity index (χ2v) is 3.18. The van der Waals surface area contributed by atoms with Crippen molar-refractivity contribution in [1.82, 2.24) is 0 Å². The second-order valence-electron chi connectivity index (χ2n) is 2.16. The monoisotopic (exact) mass is 166 g/mol. The van der Waals surface area contributed by atoms with Crippen LogP contribution in [0.4, 0.5) is 0 Å². The fraction of sp³-hybridized carbons (Fsp3) is 1.00. The summed E-state index contributed by atoms with van der Waals surface area (Å²) in [7, 11) is -0.634. The van der Waals surface area contributed by atoms with Crippen molar-refractivity contribution in [2.24, 2.45) is 0 Å². The van der Waals surface area contributed by atoms with Crippen molar-refractivity contribution >= 4 is 8.25 Å². The average molecular weight is 166 g/mol. The zero-order chi connectivity index (χ0) is 7.56. The van der Waals surface area contributed by atoms with Gasteiger partial charge < -0.3 is 13.8 Å².